The Morgan fingerprint density at radius 2 is 1.52 bits per heavy atom. The van der Waals surface area contributed by atoms with E-state index >= 15 is 0 Å². The molecule has 0 saturated heterocycles. The molecule has 5 aromatic rings. The van der Waals surface area contributed by atoms with Crippen LogP contribution in [0.1, 0.15) is 31.9 Å². The molecule has 0 atom stereocenters. The van der Waals surface area contributed by atoms with Crippen LogP contribution >= 0.6 is 0 Å². The fraction of sp³-hybridized carbons (Fsp3) is 0.129. The van der Waals surface area contributed by atoms with Crippen molar-refractivity contribution in [1.82, 2.24) is 4.98 Å². The largest absolute Gasteiger partial charge is 0.516 e. The minimum atomic E-state index is 0.110. The van der Waals surface area contributed by atoms with Gasteiger partial charge in [-0.2, -0.15) is 0 Å². The SMILES string of the molecule is CC(C)(C)c1ccc2c(ccc3c(-c4ccc(-c5ccccc5)cc4/C=C\O)nccc32)c1. The number of aromatic nitrogens is 1. The minimum Gasteiger partial charge on any atom is -0.516 e. The fourth-order valence-corrected chi connectivity index (χ4v) is 4.48. The molecule has 0 spiro atoms. The molecular weight excluding hydrogens is 402 g/mol. The van der Waals surface area contributed by atoms with Gasteiger partial charge in [0, 0.05) is 17.1 Å². The zero-order chi connectivity index (χ0) is 23.0. The molecule has 1 N–H and O–H groups in total. The number of aliphatic hydroxyl groups excluding tert-OH is 1. The lowest BCUT2D eigenvalue weighted by molar-refractivity contribution is 0.478. The lowest BCUT2D eigenvalue weighted by atomic mass is 9.85. The first-order valence-corrected chi connectivity index (χ1v) is 11.3. The van der Waals surface area contributed by atoms with Crippen molar-refractivity contribution in [3.63, 3.8) is 0 Å². The molecule has 0 radical (unpaired) electrons. The van der Waals surface area contributed by atoms with Crippen molar-refractivity contribution in [2.24, 2.45) is 0 Å². The maximum Gasteiger partial charge on any atom is 0.0797 e. The molecule has 4 aromatic carbocycles. The Morgan fingerprint density at radius 3 is 2.27 bits per heavy atom. The quantitative estimate of drug-likeness (QED) is 0.230. The Kier molecular flexibility index (Phi) is 5.22. The van der Waals surface area contributed by atoms with Gasteiger partial charge in [-0.15, -0.1) is 0 Å². The van der Waals surface area contributed by atoms with E-state index in [4.69, 9.17) is 4.98 Å². The van der Waals surface area contributed by atoms with E-state index in [9.17, 15) is 5.11 Å². The van der Waals surface area contributed by atoms with Crippen LogP contribution in [-0.4, -0.2) is 10.1 Å². The van der Waals surface area contributed by atoms with Gasteiger partial charge in [-0.3, -0.25) is 4.98 Å². The molecule has 0 aliphatic rings. The van der Waals surface area contributed by atoms with Crippen LogP contribution in [0.3, 0.4) is 0 Å². The lowest BCUT2D eigenvalue weighted by Crippen LogP contribution is -2.10. The predicted molar refractivity (Wildman–Crippen MR) is 140 cm³/mol. The second-order valence-electron chi connectivity index (χ2n) is 9.49. The third kappa shape index (κ3) is 3.89. The average Bonchev–Trinajstić information content (AvgIpc) is 2.83. The smallest absolute Gasteiger partial charge is 0.0797 e. The van der Waals surface area contributed by atoms with Gasteiger partial charge in [-0.05, 0) is 62.0 Å². The van der Waals surface area contributed by atoms with Gasteiger partial charge in [-0.1, -0.05) is 93.6 Å². The van der Waals surface area contributed by atoms with Crippen LogP contribution in [-0.2, 0) is 5.41 Å². The fourth-order valence-electron chi connectivity index (χ4n) is 4.48. The van der Waals surface area contributed by atoms with Gasteiger partial charge in [-0.25, -0.2) is 0 Å². The topological polar surface area (TPSA) is 33.1 Å². The Hall–Kier alpha value is -3.91. The molecule has 1 heterocycles. The molecule has 0 bridgehead atoms. The highest BCUT2D eigenvalue weighted by atomic mass is 16.2. The van der Waals surface area contributed by atoms with Crippen LogP contribution in [0, 0.1) is 0 Å². The molecule has 2 nitrogen and oxygen atoms in total. The maximum absolute atomic E-state index is 9.60. The summed E-state index contributed by atoms with van der Waals surface area (Å²) >= 11 is 0. The van der Waals surface area contributed by atoms with Gasteiger partial charge in [0.15, 0.2) is 0 Å². The lowest BCUT2D eigenvalue weighted by Gasteiger charge is -2.20. The normalized spacial score (nSPS) is 12.1. The number of fused-ring (bicyclic) bond motifs is 3. The summed E-state index contributed by atoms with van der Waals surface area (Å²) in [4.78, 5) is 4.77. The second kappa shape index (κ2) is 8.22. The number of nitrogens with zero attached hydrogens (tertiary/aromatic N) is 1. The van der Waals surface area contributed by atoms with Crippen LogP contribution in [0.4, 0.5) is 0 Å². The van der Waals surface area contributed by atoms with Gasteiger partial charge in [0.25, 0.3) is 0 Å². The zero-order valence-corrected chi connectivity index (χ0v) is 19.2. The van der Waals surface area contributed by atoms with Crippen molar-refractivity contribution in [3.05, 3.63) is 109 Å². The van der Waals surface area contributed by atoms with Crippen molar-refractivity contribution in [1.29, 1.82) is 0 Å². The highest BCUT2D eigenvalue weighted by Gasteiger charge is 2.16. The van der Waals surface area contributed by atoms with E-state index in [0.29, 0.717) is 0 Å². The Bertz CT molecular complexity index is 1490. The molecule has 0 aliphatic carbocycles. The summed E-state index contributed by atoms with van der Waals surface area (Å²) in [5, 5.41) is 14.4. The third-order valence-corrected chi connectivity index (χ3v) is 6.30. The molecule has 0 amide bonds. The third-order valence-electron chi connectivity index (χ3n) is 6.30. The first-order chi connectivity index (χ1) is 16.0. The molecule has 0 saturated carbocycles. The summed E-state index contributed by atoms with van der Waals surface area (Å²) in [7, 11) is 0. The molecule has 0 aliphatic heterocycles. The van der Waals surface area contributed by atoms with Crippen molar-refractivity contribution >= 4 is 27.6 Å². The molecule has 162 valence electrons. The van der Waals surface area contributed by atoms with Crippen molar-refractivity contribution in [3.8, 4) is 22.4 Å². The number of aliphatic hydroxyl groups is 1. The highest BCUT2D eigenvalue weighted by molar-refractivity contribution is 6.11. The summed E-state index contributed by atoms with van der Waals surface area (Å²) in [5.74, 6) is 0. The first kappa shape index (κ1) is 21.0. The number of benzene rings is 4. The Labute approximate surface area is 194 Å². The van der Waals surface area contributed by atoms with Crippen LogP contribution in [0.2, 0.25) is 0 Å². The number of hydrogen-bond donors (Lipinski definition) is 1. The first-order valence-electron chi connectivity index (χ1n) is 11.3. The molecule has 1 aromatic heterocycles. The van der Waals surface area contributed by atoms with Gasteiger partial charge in [0.2, 0.25) is 0 Å². The molecule has 0 fully saturated rings. The average molecular weight is 430 g/mol. The van der Waals surface area contributed by atoms with Gasteiger partial charge < -0.3 is 5.11 Å². The van der Waals surface area contributed by atoms with E-state index in [2.05, 4.69) is 87.5 Å². The van der Waals surface area contributed by atoms with E-state index in [0.717, 1.165) is 39.6 Å². The Balaban J connectivity index is 1.70. The zero-order valence-electron chi connectivity index (χ0n) is 19.2. The molecule has 0 unspecified atom stereocenters. The molecule has 33 heavy (non-hydrogen) atoms. The molecular formula is C31H27NO. The van der Waals surface area contributed by atoms with E-state index in [1.54, 1.807) is 6.08 Å². The molecule has 5 rings (SSSR count). The van der Waals surface area contributed by atoms with Crippen molar-refractivity contribution in [2.45, 2.75) is 26.2 Å². The maximum atomic E-state index is 9.60. The molecule has 2 heteroatoms. The van der Waals surface area contributed by atoms with Crippen LogP contribution in [0.25, 0.3) is 50.0 Å². The standard InChI is InChI=1S/C31H27NO/c1-31(2,3)25-11-14-26-23(20-25)10-13-29-28(26)15-17-32-30(29)27-12-9-22(19-24(27)16-18-33)21-7-5-4-6-8-21/h4-20,33H,1-3H3/b18-16-. The van der Waals surface area contributed by atoms with Gasteiger partial charge in [0.1, 0.15) is 0 Å². The van der Waals surface area contributed by atoms with E-state index < -0.39 is 0 Å². The van der Waals surface area contributed by atoms with Crippen molar-refractivity contribution in [2.75, 3.05) is 0 Å². The van der Waals surface area contributed by atoms with Gasteiger partial charge in [0.05, 0.1) is 12.0 Å². The second-order valence-corrected chi connectivity index (χ2v) is 9.49. The van der Waals surface area contributed by atoms with Gasteiger partial charge >= 0.3 is 0 Å². The minimum absolute atomic E-state index is 0.110. The summed E-state index contributed by atoms with van der Waals surface area (Å²) in [5.41, 5.74) is 6.53. The van der Waals surface area contributed by atoms with Crippen LogP contribution < -0.4 is 0 Å². The summed E-state index contributed by atoms with van der Waals surface area (Å²) in [6, 6.07) is 29.8. The predicted octanol–water partition coefficient (Wildman–Crippen LogP) is 8.55. The Morgan fingerprint density at radius 1 is 0.727 bits per heavy atom. The summed E-state index contributed by atoms with van der Waals surface area (Å²) < 4.78 is 0. The highest BCUT2D eigenvalue weighted by Crippen LogP contribution is 2.36. The summed E-state index contributed by atoms with van der Waals surface area (Å²) in [6.45, 7) is 6.73. The number of pyridine rings is 1. The summed E-state index contributed by atoms with van der Waals surface area (Å²) in [6.07, 6.45) is 4.72. The van der Waals surface area contributed by atoms with E-state index in [-0.39, 0.29) is 5.41 Å². The van der Waals surface area contributed by atoms with Crippen LogP contribution in [0.5, 0.6) is 0 Å². The van der Waals surface area contributed by atoms with E-state index in [1.807, 2.05) is 24.4 Å². The van der Waals surface area contributed by atoms with Crippen molar-refractivity contribution < 1.29 is 5.11 Å². The van der Waals surface area contributed by atoms with Crippen LogP contribution in [0.15, 0.2) is 97.4 Å². The number of rotatable bonds is 3. The van der Waals surface area contributed by atoms with E-state index in [1.165, 1.54) is 21.7 Å². The number of hydrogen-bond acceptors (Lipinski definition) is 2. The monoisotopic (exact) mass is 429 g/mol.